The van der Waals surface area contributed by atoms with E-state index in [1.807, 2.05) is 0 Å². The van der Waals surface area contributed by atoms with E-state index in [0.29, 0.717) is 15.8 Å². The summed E-state index contributed by atoms with van der Waals surface area (Å²) in [5.41, 5.74) is 0.443. The van der Waals surface area contributed by atoms with Crippen LogP contribution in [0, 0.1) is 0 Å². The number of nitrogens with one attached hydrogen (secondary N) is 1. The summed E-state index contributed by atoms with van der Waals surface area (Å²) in [5.74, 6) is 0.421. The quantitative estimate of drug-likeness (QED) is 0.803. The van der Waals surface area contributed by atoms with Crippen molar-refractivity contribution in [3.05, 3.63) is 28.2 Å². The number of ether oxygens (including phenoxy) is 1. The van der Waals surface area contributed by atoms with Crippen molar-refractivity contribution in [2.75, 3.05) is 31.7 Å². The fourth-order valence-electron chi connectivity index (χ4n) is 3.45. The Morgan fingerprint density at radius 1 is 1.29 bits per heavy atom. The summed E-state index contributed by atoms with van der Waals surface area (Å²) in [6.45, 7) is 1.80. The van der Waals surface area contributed by atoms with Crippen molar-refractivity contribution in [2.45, 2.75) is 24.9 Å². The third kappa shape index (κ3) is 3.75. The topological polar surface area (TPSA) is 75.7 Å². The number of nitrogens with zero attached hydrogens (tertiary/aromatic N) is 1. The number of amides is 1. The predicted octanol–water partition coefficient (Wildman–Crippen LogP) is 1.45. The maximum Gasteiger partial charge on any atom is 0.252 e. The smallest absolute Gasteiger partial charge is 0.252 e. The van der Waals surface area contributed by atoms with Gasteiger partial charge in [0.05, 0.1) is 30.2 Å². The second-order valence-electron chi connectivity index (χ2n) is 6.31. The van der Waals surface area contributed by atoms with E-state index in [0.717, 1.165) is 25.9 Å². The molecule has 2 saturated heterocycles. The Morgan fingerprint density at radius 3 is 2.67 bits per heavy atom. The molecule has 2 unspecified atom stereocenters. The average Bonchev–Trinajstić information content (AvgIpc) is 3.15. The molecular formula is C16H21BrN2O4S. The molecule has 1 amide bonds. The Hall–Kier alpha value is -1.12. The van der Waals surface area contributed by atoms with Crippen LogP contribution >= 0.6 is 15.9 Å². The first-order valence-corrected chi connectivity index (χ1v) is 10.6. The fraction of sp³-hybridized carbons (Fsp3) is 0.562. The third-order valence-electron chi connectivity index (χ3n) is 4.67. The van der Waals surface area contributed by atoms with Crippen LogP contribution in [0.25, 0.3) is 0 Å². The molecule has 0 radical (unpaired) electrons. The number of hydrogen-bond acceptors (Lipinski definition) is 5. The molecule has 3 rings (SSSR count). The van der Waals surface area contributed by atoms with Gasteiger partial charge in [0.2, 0.25) is 0 Å². The highest BCUT2D eigenvalue weighted by atomic mass is 79.9. The highest BCUT2D eigenvalue weighted by molar-refractivity contribution is 9.10. The molecule has 2 aliphatic heterocycles. The van der Waals surface area contributed by atoms with Gasteiger partial charge in [-0.15, -0.1) is 0 Å². The van der Waals surface area contributed by atoms with E-state index in [-0.39, 0.29) is 29.5 Å². The lowest BCUT2D eigenvalue weighted by atomic mass is 10.1. The van der Waals surface area contributed by atoms with Gasteiger partial charge in [0.1, 0.15) is 5.75 Å². The summed E-state index contributed by atoms with van der Waals surface area (Å²) in [4.78, 5) is 14.8. The molecular weight excluding hydrogens is 396 g/mol. The summed E-state index contributed by atoms with van der Waals surface area (Å²) in [7, 11) is -1.59. The van der Waals surface area contributed by atoms with Crippen LogP contribution in [-0.4, -0.2) is 63.0 Å². The van der Waals surface area contributed by atoms with Crippen LogP contribution in [0.1, 0.15) is 23.2 Å². The molecule has 1 aromatic rings. The summed E-state index contributed by atoms with van der Waals surface area (Å²) in [5, 5.41) is 2.92. The summed E-state index contributed by atoms with van der Waals surface area (Å²) < 4.78 is 30.0. The number of sulfone groups is 1. The van der Waals surface area contributed by atoms with E-state index in [1.165, 1.54) is 7.11 Å². The van der Waals surface area contributed by atoms with Crippen LogP contribution in [0.5, 0.6) is 5.75 Å². The molecule has 2 aliphatic rings. The van der Waals surface area contributed by atoms with Crippen LogP contribution < -0.4 is 10.1 Å². The van der Waals surface area contributed by atoms with Crippen LogP contribution in [0.4, 0.5) is 0 Å². The number of carbonyl (C=O) groups is 1. The number of methoxy groups -OCH3 is 1. The SMILES string of the molecule is COc1ccc(Br)c(C(=O)NC2CS(=O)(=O)CC2N2CCCC2)c1. The van der Waals surface area contributed by atoms with Crippen LogP contribution in [0.3, 0.4) is 0 Å². The van der Waals surface area contributed by atoms with Gasteiger partial charge in [0.25, 0.3) is 5.91 Å². The number of likely N-dealkylation sites (tertiary alicyclic amines) is 1. The van der Waals surface area contributed by atoms with Crippen molar-refractivity contribution in [3.8, 4) is 5.75 Å². The molecule has 132 valence electrons. The van der Waals surface area contributed by atoms with Crippen molar-refractivity contribution >= 4 is 31.7 Å². The number of carbonyl (C=O) groups excluding carboxylic acids is 1. The molecule has 6 nitrogen and oxygen atoms in total. The Bertz CT molecular complexity index is 732. The standard InChI is InChI=1S/C16H21BrN2O4S/c1-23-11-4-5-13(17)12(8-11)16(20)18-14-9-24(21,22)10-15(14)19-6-2-3-7-19/h4-5,8,14-15H,2-3,6-7,9-10H2,1H3,(H,18,20). The summed E-state index contributed by atoms with van der Waals surface area (Å²) in [6, 6.07) is 4.64. The van der Waals surface area contributed by atoms with E-state index >= 15 is 0 Å². The third-order valence-corrected chi connectivity index (χ3v) is 7.07. The zero-order valence-corrected chi connectivity index (χ0v) is 15.9. The molecule has 0 bridgehead atoms. The minimum absolute atomic E-state index is 0.00148. The molecule has 2 heterocycles. The van der Waals surface area contributed by atoms with Gasteiger partial charge in [0, 0.05) is 10.5 Å². The molecule has 2 atom stereocenters. The molecule has 0 spiro atoms. The Morgan fingerprint density at radius 2 is 2.00 bits per heavy atom. The average molecular weight is 417 g/mol. The van der Waals surface area contributed by atoms with E-state index < -0.39 is 9.84 Å². The van der Waals surface area contributed by atoms with Crippen molar-refractivity contribution in [3.63, 3.8) is 0 Å². The monoisotopic (exact) mass is 416 g/mol. The second-order valence-corrected chi connectivity index (χ2v) is 9.32. The zero-order valence-electron chi connectivity index (χ0n) is 13.5. The van der Waals surface area contributed by atoms with Gasteiger partial charge < -0.3 is 10.1 Å². The Balaban J connectivity index is 1.79. The molecule has 0 aliphatic carbocycles. The maximum absolute atomic E-state index is 12.7. The van der Waals surface area contributed by atoms with Gasteiger partial charge in [-0.25, -0.2) is 8.42 Å². The molecule has 1 N–H and O–H groups in total. The zero-order chi connectivity index (χ0) is 17.3. The molecule has 0 saturated carbocycles. The lowest BCUT2D eigenvalue weighted by Gasteiger charge is -2.28. The van der Waals surface area contributed by atoms with Crippen LogP contribution in [-0.2, 0) is 9.84 Å². The first-order chi connectivity index (χ1) is 11.4. The Kier molecular flexibility index (Phi) is 5.17. The van der Waals surface area contributed by atoms with Gasteiger partial charge in [0.15, 0.2) is 9.84 Å². The normalized spacial score (nSPS) is 26.4. The highest BCUT2D eigenvalue weighted by Crippen LogP contribution is 2.25. The molecule has 0 aromatic heterocycles. The number of hydrogen-bond donors (Lipinski definition) is 1. The van der Waals surface area contributed by atoms with E-state index in [4.69, 9.17) is 4.74 Å². The van der Waals surface area contributed by atoms with Crippen molar-refractivity contribution in [1.82, 2.24) is 10.2 Å². The summed E-state index contributed by atoms with van der Waals surface area (Å²) >= 11 is 3.37. The van der Waals surface area contributed by atoms with Gasteiger partial charge >= 0.3 is 0 Å². The van der Waals surface area contributed by atoms with Gasteiger partial charge in [-0.05, 0) is 60.1 Å². The van der Waals surface area contributed by atoms with E-state index in [1.54, 1.807) is 18.2 Å². The van der Waals surface area contributed by atoms with Crippen molar-refractivity contribution < 1.29 is 17.9 Å². The van der Waals surface area contributed by atoms with Crippen molar-refractivity contribution in [2.24, 2.45) is 0 Å². The number of rotatable bonds is 4. The van der Waals surface area contributed by atoms with Crippen molar-refractivity contribution in [1.29, 1.82) is 0 Å². The summed E-state index contributed by atoms with van der Waals surface area (Å²) in [6.07, 6.45) is 2.16. The molecule has 8 heteroatoms. The van der Waals surface area contributed by atoms with E-state index in [9.17, 15) is 13.2 Å². The number of halogens is 1. The minimum atomic E-state index is -3.13. The minimum Gasteiger partial charge on any atom is -0.497 e. The Labute approximate surface area is 150 Å². The van der Waals surface area contributed by atoms with E-state index in [2.05, 4.69) is 26.1 Å². The maximum atomic E-state index is 12.7. The predicted molar refractivity (Wildman–Crippen MR) is 95.2 cm³/mol. The van der Waals surface area contributed by atoms with Gasteiger partial charge in [-0.2, -0.15) is 0 Å². The molecule has 1 aromatic carbocycles. The molecule has 2 fully saturated rings. The van der Waals surface area contributed by atoms with Gasteiger partial charge in [-0.1, -0.05) is 0 Å². The first kappa shape index (κ1) is 17.7. The fourth-order valence-corrected chi connectivity index (χ4v) is 5.83. The van der Waals surface area contributed by atoms with Gasteiger partial charge in [-0.3, -0.25) is 9.69 Å². The highest BCUT2D eigenvalue weighted by Gasteiger charge is 2.42. The lowest BCUT2D eigenvalue weighted by molar-refractivity contribution is 0.0917. The van der Waals surface area contributed by atoms with Crippen LogP contribution in [0.2, 0.25) is 0 Å². The first-order valence-electron chi connectivity index (χ1n) is 7.98. The second kappa shape index (κ2) is 7.01. The van der Waals surface area contributed by atoms with Crippen LogP contribution in [0.15, 0.2) is 22.7 Å². The lowest BCUT2D eigenvalue weighted by Crippen LogP contribution is -2.50. The molecule has 24 heavy (non-hydrogen) atoms. The largest absolute Gasteiger partial charge is 0.497 e. The number of benzene rings is 1.